The van der Waals surface area contributed by atoms with Crippen molar-refractivity contribution in [3.63, 3.8) is 0 Å². The fourth-order valence-corrected chi connectivity index (χ4v) is 3.11. The summed E-state index contributed by atoms with van der Waals surface area (Å²) in [6, 6.07) is 1.14. The number of nitrogens with zero attached hydrogens (tertiary/aromatic N) is 2. The number of oxime groups is 1. The predicted molar refractivity (Wildman–Crippen MR) is 61.5 cm³/mol. The maximum absolute atomic E-state index is 8.94. The fourth-order valence-electron chi connectivity index (χ4n) is 3.11. The minimum absolute atomic E-state index is 0.415. The highest BCUT2D eigenvalue weighted by Crippen LogP contribution is 2.28. The lowest BCUT2D eigenvalue weighted by Gasteiger charge is -2.35. The van der Waals surface area contributed by atoms with Gasteiger partial charge in [-0.3, -0.25) is 4.90 Å². The van der Waals surface area contributed by atoms with Crippen molar-refractivity contribution in [1.82, 2.24) is 4.90 Å². The summed E-state index contributed by atoms with van der Waals surface area (Å²) < 4.78 is 0. The smallest absolute Gasteiger partial charge is 0.0742 e. The lowest BCUT2D eigenvalue weighted by molar-refractivity contribution is 0.166. The van der Waals surface area contributed by atoms with E-state index in [9.17, 15) is 0 Å². The van der Waals surface area contributed by atoms with Crippen molar-refractivity contribution in [2.75, 3.05) is 7.05 Å². The molecule has 1 atom stereocenters. The molecule has 2 aliphatic rings. The quantitative estimate of drug-likeness (QED) is 0.562. The Balaban J connectivity index is 1.96. The molecule has 2 aliphatic carbocycles. The molecular weight excluding hydrogens is 188 g/mol. The van der Waals surface area contributed by atoms with Crippen LogP contribution < -0.4 is 0 Å². The monoisotopic (exact) mass is 210 g/mol. The van der Waals surface area contributed by atoms with Gasteiger partial charge in [0.25, 0.3) is 0 Å². The molecule has 0 aromatic rings. The molecule has 86 valence electrons. The molecule has 1 unspecified atom stereocenters. The van der Waals surface area contributed by atoms with Crippen LogP contribution in [0.25, 0.3) is 0 Å². The minimum atomic E-state index is 0.415. The first kappa shape index (κ1) is 10.9. The molecule has 0 amide bonds. The summed E-state index contributed by atoms with van der Waals surface area (Å²) in [6.45, 7) is 0. The zero-order valence-electron chi connectivity index (χ0n) is 9.65. The maximum atomic E-state index is 8.94. The van der Waals surface area contributed by atoms with Crippen LogP contribution in [0, 0.1) is 0 Å². The van der Waals surface area contributed by atoms with E-state index in [0.717, 1.165) is 18.2 Å². The van der Waals surface area contributed by atoms with Gasteiger partial charge in [0.1, 0.15) is 0 Å². The Kier molecular flexibility index (Phi) is 3.62. The van der Waals surface area contributed by atoms with Crippen LogP contribution in [-0.2, 0) is 0 Å². The molecule has 1 N–H and O–H groups in total. The van der Waals surface area contributed by atoms with Crippen LogP contribution in [-0.4, -0.2) is 35.0 Å². The van der Waals surface area contributed by atoms with E-state index in [-0.39, 0.29) is 0 Å². The van der Waals surface area contributed by atoms with Crippen LogP contribution in [0.1, 0.15) is 51.4 Å². The van der Waals surface area contributed by atoms with E-state index >= 15 is 0 Å². The van der Waals surface area contributed by atoms with Crippen LogP contribution >= 0.6 is 0 Å². The van der Waals surface area contributed by atoms with Gasteiger partial charge in [-0.1, -0.05) is 24.4 Å². The summed E-state index contributed by atoms with van der Waals surface area (Å²) in [7, 11) is 2.21. The van der Waals surface area contributed by atoms with Gasteiger partial charge >= 0.3 is 0 Å². The molecule has 0 spiro atoms. The topological polar surface area (TPSA) is 35.8 Å². The second-order valence-corrected chi connectivity index (χ2v) is 4.96. The second-order valence-electron chi connectivity index (χ2n) is 4.96. The molecule has 3 nitrogen and oxygen atoms in total. The van der Waals surface area contributed by atoms with E-state index in [1.807, 2.05) is 0 Å². The summed E-state index contributed by atoms with van der Waals surface area (Å²) in [5.74, 6) is 0. The average molecular weight is 210 g/mol. The average Bonchev–Trinajstić information content (AvgIpc) is 2.77. The van der Waals surface area contributed by atoms with Crippen LogP contribution in [0.15, 0.2) is 5.16 Å². The van der Waals surface area contributed by atoms with Gasteiger partial charge in [-0.2, -0.15) is 0 Å². The molecule has 3 heteroatoms. The zero-order chi connectivity index (χ0) is 10.7. The molecule has 0 aromatic carbocycles. The van der Waals surface area contributed by atoms with Gasteiger partial charge in [-0.15, -0.1) is 0 Å². The molecule has 2 saturated carbocycles. The van der Waals surface area contributed by atoms with E-state index < -0.39 is 0 Å². The first-order valence-electron chi connectivity index (χ1n) is 6.25. The van der Waals surface area contributed by atoms with Gasteiger partial charge in [0.15, 0.2) is 0 Å². The number of hydrogen-bond donors (Lipinski definition) is 1. The molecule has 2 rings (SSSR count). The van der Waals surface area contributed by atoms with Gasteiger partial charge in [0.05, 0.1) is 11.8 Å². The summed E-state index contributed by atoms with van der Waals surface area (Å²) in [5.41, 5.74) is 1.00. The van der Waals surface area contributed by atoms with Gasteiger partial charge < -0.3 is 5.21 Å². The Labute approximate surface area is 92.1 Å². The Morgan fingerprint density at radius 1 is 1.13 bits per heavy atom. The van der Waals surface area contributed by atoms with Crippen LogP contribution in [0.4, 0.5) is 0 Å². The normalized spacial score (nSPS) is 31.6. The van der Waals surface area contributed by atoms with Gasteiger partial charge in [0.2, 0.25) is 0 Å². The summed E-state index contributed by atoms with van der Waals surface area (Å²) >= 11 is 0. The van der Waals surface area contributed by atoms with Crippen LogP contribution in [0.2, 0.25) is 0 Å². The van der Waals surface area contributed by atoms with Crippen molar-refractivity contribution < 1.29 is 5.21 Å². The molecule has 0 radical (unpaired) electrons. The molecular formula is C12H22N2O. The third-order valence-corrected chi connectivity index (χ3v) is 4.07. The first-order chi connectivity index (χ1) is 7.33. The van der Waals surface area contributed by atoms with Crippen LogP contribution in [0.5, 0.6) is 0 Å². The van der Waals surface area contributed by atoms with Gasteiger partial charge in [-0.05, 0) is 39.2 Å². The third kappa shape index (κ3) is 2.33. The third-order valence-electron chi connectivity index (χ3n) is 4.07. The van der Waals surface area contributed by atoms with E-state index in [1.165, 1.54) is 44.9 Å². The number of hydrogen-bond acceptors (Lipinski definition) is 3. The summed E-state index contributed by atoms with van der Waals surface area (Å²) in [6.07, 6.45) is 10.1. The Hall–Kier alpha value is -0.570. The van der Waals surface area contributed by atoms with Gasteiger partial charge in [0, 0.05) is 6.04 Å². The highest BCUT2D eigenvalue weighted by atomic mass is 16.4. The van der Waals surface area contributed by atoms with Crippen molar-refractivity contribution in [2.24, 2.45) is 5.16 Å². The number of rotatable bonds is 2. The molecule has 15 heavy (non-hydrogen) atoms. The first-order valence-corrected chi connectivity index (χ1v) is 6.25. The molecule has 0 aliphatic heterocycles. The Morgan fingerprint density at radius 3 is 2.53 bits per heavy atom. The van der Waals surface area contributed by atoms with Crippen molar-refractivity contribution in [1.29, 1.82) is 0 Å². The summed E-state index contributed by atoms with van der Waals surface area (Å²) in [5, 5.41) is 12.4. The standard InChI is InChI=1S/C12H22N2O/c1-14(10-6-3-2-4-7-10)12-9-5-8-11(12)13-15/h10,12,15H,2-9H2,1H3. The Morgan fingerprint density at radius 2 is 1.87 bits per heavy atom. The van der Waals surface area contributed by atoms with E-state index in [1.54, 1.807) is 0 Å². The highest BCUT2D eigenvalue weighted by Gasteiger charge is 2.31. The molecule has 0 aromatic heterocycles. The fraction of sp³-hybridized carbons (Fsp3) is 0.917. The van der Waals surface area contributed by atoms with E-state index in [4.69, 9.17) is 5.21 Å². The second kappa shape index (κ2) is 4.97. The van der Waals surface area contributed by atoms with Gasteiger partial charge in [-0.25, -0.2) is 0 Å². The molecule has 2 fully saturated rings. The Bertz CT molecular complexity index is 234. The zero-order valence-corrected chi connectivity index (χ0v) is 9.65. The highest BCUT2D eigenvalue weighted by molar-refractivity contribution is 5.90. The van der Waals surface area contributed by atoms with Crippen LogP contribution in [0.3, 0.4) is 0 Å². The lowest BCUT2D eigenvalue weighted by atomic mass is 9.93. The SMILES string of the molecule is CN(C1CCCCC1)C1CCCC1=NO. The lowest BCUT2D eigenvalue weighted by Crippen LogP contribution is -2.43. The summed E-state index contributed by atoms with van der Waals surface area (Å²) in [4.78, 5) is 2.46. The van der Waals surface area contributed by atoms with Crippen molar-refractivity contribution in [3.05, 3.63) is 0 Å². The predicted octanol–water partition coefficient (Wildman–Crippen LogP) is 2.63. The maximum Gasteiger partial charge on any atom is 0.0742 e. The van der Waals surface area contributed by atoms with E-state index in [2.05, 4.69) is 17.1 Å². The molecule has 0 heterocycles. The van der Waals surface area contributed by atoms with E-state index in [0.29, 0.717) is 6.04 Å². The van der Waals surface area contributed by atoms with Crippen molar-refractivity contribution in [3.8, 4) is 0 Å². The van der Waals surface area contributed by atoms with Crippen molar-refractivity contribution in [2.45, 2.75) is 63.5 Å². The minimum Gasteiger partial charge on any atom is -0.411 e. The van der Waals surface area contributed by atoms with Crippen molar-refractivity contribution >= 4 is 5.71 Å². The largest absolute Gasteiger partial charge is 0.411 e. The molecule has 0 saturated heterocycles. The molecule has 0 bridgehead atoms.